The number of rotatable bonds is 3. The second-order valence-electron chi connectivity index (χ2n) is 7.52. The Bertz CT molecular complexity index is 982. The molecule has 0 atom stereocenters. The Labute approximate surface area is 166 Å². The van der Waals surface area contributed by atoms with Gasteiger partial charge in [-0.15, -0.1) is 0 Å². The highest BCUT2D eigenvalue weighted by atomic mass is 16.2. The standard InChI is InChI=1S/C23H26N4O/c1-17-4-9-22(18(2)14-17)25-10-12-26(13-11-25)23(28)20-5-7-21(8-6-20)27-16-24-15-19(27)3/h4-9,14-16H,10-13H2,1-3H3. The van der Waals surface area contributed by atoms with Gasteiger partial charge in [-0.2, -0.15) is 0 Å². The highest BCUT2D eigenvalue weighted by Crippen LogP contribution is 2.23. The average Bonchev–Trinajstić information content (AvgIpc) is 3.14. The van der Waals surface area contributed by atoms with E-state index >= 15 is 0 Å². The van der Waals surface area contributed by atoms with Gasteiger partial charge in [0.05, 0.1) is 6.33 Å². The van der Waals surface area contributed by atoms with Crippen LogP contribution in [0.25, 0.3) is 5.69 Å². The Morgan fingerprint density at radius 3 is 2.25 bits per heavy atom. The number of carbonyl (C=O) groups excluding carboxylic acids is 1. The van der Waals surface area contributed by atoms with Crippen molar-refractivity contribution in [3.63, 3.8) is 0 Å². The molecular formula is C23H26N4O. The Balaban J connectivity index is 1.42. The van der Waals surface area contributed by atoms with E-state index in [1.54, 1.807) is 6.33 Å². The highest BCUT2D eigenvalue weighted by molar-refractivity contribution is 5.94. The lowest BCUT2D eigenvalue weighted by atomic mass is 10.1. The van der Waals surface area contributed by atoms with E-state index in [2.05, 4.69) is 41.9 Å². The average molecular weight is 374 g/mol. The van der Waals surface area contributed by atoms with E-state index in [0.29, 0.717) is 0 Å². The Kier molecular flexibility index (Phi) is 4.90. The number of aromatic nitrogens is 2. The first-order valence-corrected chi connectivity index (χ1v) is 9.74. The fourth-order valence-electron chi connectivity index (χ4n) is 3.89. The van der Waals surface area contributed by atoms with Crippen LogP contribution in [0.3, 0.4) is 0 Å². The van der Waals surface area contributed by atoms with E-state index in [4.69, 9.17) is 0 Å². The summed E-state index contributed by atoms with van der Waals surface area (Å²) in [5.41, 5.74) is 6.68. The smallest absolute Gasteiger partial charge is 0.253 e. The summed E-state index contributed by atoms with van der Waals surface area (Å²) in [5.74, 6) is 0.106. The van der Waals surface area contributed by atoms with Gasteiger partial charge in [-0.05, 0) is 56.7 Å². The number of anilines is 1. The predicted molar refractivity (Wildman–Crippen MR) is 112 cm³/mol. The second-order valence-corrected chi connectivity index (χ2v) is 7.52. The van der Waals surface area contributed by atoms with Crippen LogP contribution in [0.2, 0.25) is 0 Å². The van der Waals surface area contributed by atoms with Gasteiger partial charge in [0.2, 0.25) is 0 Å². The van der Waals surface area contributed by atoms with Crippen molar-refractivity contribution in [2.75, 3.05) is 31.1 Å². The van der Waals surface area contributed by atoms with Crippen LogP contribution in [-0.2, 0) is 0 Å². The molecule has 0 unspecified atom stereocenters. The van der Waals surface area contributed by atoms with Crippen molar-refractivity contribution in [3.05, 3.63) is 77.4 Å². The molecule has 0 spiro atoms. The monoisotopic (exact) mass is 374 g/mol. The van der Waals surface area contributed by atoms with E-state index in [1.807, 2.05) is 46.9 Å². The highest BCUT2D eigenvalue weighted by Gasteiger charge is 2.23. The van der Waals surface area contributed by atoms with Crippen molar-refractivity contribution in [1.82, 2.24) is 14.5 Å². The van der Waals surface area contributed by atoms with Crippen molar-refractivity contribution >= 4 is 11.6 Å². The molecule has 1 aromatic heterocycles. The summed E-state index contributed by atoms with van der Waals surface area (Å²) in [5, 5.41) is 0. The van der Waals surface area contributed by atoms with Crippen LogP contribution < -0.4 is 4.90 Å². The molecule has 1 saturated heterocycles. The number of imidazole rings is 1. The molecule has 1 aliphatic rings. The van der Waals surface area contributed by atoms with Gasteiger partial charge in [-0.1, -0.05) is 17.7 Å². The Hall–Kier alpha value is -3.08. The van der Waals surface area contributed by atoms with Crippen LogP contribution in [0.1, 0.15) is 27.2 Å². The molecule has 28 heavy (non-hydrogen) atoms. The van der Waals surface area contributed by atoms with Crippen molar-refractivity contribution in [3.8, 4) is 5.69 Å². The molecule has 2 aromatic carbocycles. The third kappa shape index (κ3) is 3.52. The molecule has 5 heteroatoms. The van der Waals surface area contributed by atoms with Gasteiger partial charge >= 0.3 is 0 Å². The minimum atomic E-state index is 0.106. The van der Waals surface area contributed by atoms with Crippen molar-refractivity contribution in [2.45, 2.75) is 20.8 Å². The van der Waals surface area contributed by atoms with Crippen LogP contribution in [0.15, 0.2) is 55.0 Å². The maximum Gasteiger partial charge on any atom is 0.253 e. The summed E-state index contributed by atoms with van der Waals surface area (Å²) >= 11 is 0. The minimum Gasteiger partial charge on any atom is -0.368 e. The number of amides is 1. The molecule has 0 saturated carbocycles. The lowest BCUT2D eigenvalue weighted by Gasteiger charge is -2.37. The lowest BCUT2D eigenvalue weighted by Crippen LogP contribution is -2.49. The van der Waals surface area contributed by atoms with Crippen LogP contribution in [-0.4, -0.2) is 46.5 Å². The van der Waals surface area contributed by atoms with Crippen molar-refractivity contribution < 1.29 is 4.79 Å². The number of hydrogen-bond acceptors (Lipinski definition) is 3. The third-order valence-corrected chi connectivity index (χ3v) is 5.48. The quantitative estimate of drug-likeness (QED) is 0.701. The first-order chi connectivity index (χ1) is 13.5. The summed E-state index contributed by atoms with van der Waals surface area (Å²) < 4.78 is 2.01. The molecule has 5 nitrogen and oxygen atoms in total. The molecule has 4 rings (SSSR count). The molecule has 3 aromatic rings. The zero-order chi connectivity index (χ0) is 19.7. The zero-order valence-electron chi connectivity index (χ0n) is 16.7. The molecule has 1 fully saturated rings. The van der Waals surface area contributed by atoms with Crippen LogP contribution >= 0.6 is 0 Å². The van der Waals surface area contributed by atoms with Gasteiger partial charge in [0.15, 0.2) is 0 Å². The van der Waals surface area contributed by atoms with Crippen molar-refractivity contribution in [1.29, 1.82) is 0 Å². The largest absolute Gasteiger partial charge is 0.368 e. The molecule has 0 bridgehead atoms. The Morgan fingerprint density at radius 2 is 1.64 bits per heavy atom. The predicted octanol–water partition coefficient (Wildman–Crippen LogP) is 3.76. The first kappa shape index (κ1) is 18.3. The fourth-order valence-corrected chi connectivity index (χ4v) is 3.89. The SMILES string of the molecule is Cc1ccc(N2CCN(C(=O)c3ccc(-n4cncc4C)cc3)CC2)c(C)c1. The molecule has 1 amide bonds. The van der Waals surface area contributed by atoms with E-state index in [-0.39, 0.29) is 5.91 Å². The third-order valence-electron chi connectivity index (χ3n) is 5.48. The van der Waals surface area contributed by atoms with Gasteiger partial charge in [0.1, 0.15) is 0 Å². The van der Waals surface area contributed by atoms with E-state index < -0.39 is 0 Å². The zero-order valence-corrected chi connectivity index (χ0v) is 16.7. The Morgan fingerprint density at radius 1 is 0.929 bits per heavy atom. The molecule has 0 N–H and O–H groups in total. The molecule has 144 valence electrons. The second kappa shape index (κ2) is 7.50. The van der Waals surface area contributed by atoms with Gasteiger partial charge in [0.25, 0.3) is 5.91 Å². The molecule has 0 radical (unpaired) electrons. The molecular weight excluding hydrogens is 348 g/mol. The van der Waals surface area contributed by atoms with E-state index in [0.717, 1.165) is 43.1 Å². The van der Waals surface area contributed by atoms with Gasteiger partial charge < -0.3 is 14.4 Å². The topological polar surface area (TPSA) is 41.4 Å². The van der Waals surface area contributed by atoms with Gasteiger partial charge in [-0.3, -0.25) is 4.79 Å². The summed E-state index contributed by atoms with van der Waals surface area (Å²) in [4.78, 5) is 21.4. The molecule has 2 heterocycles. The number of piperazine rings is 1. The minimum absolute atomic E-state index is 0.106. The summed E-state index contributed by atoms with van der Waals surface area (Å²) in [6.45, 7) is 9.50. The normalized spacial score (nSPS) is 14.4. The maximum atomic E-state index is 12.9. The maximum absolute atomic E-state index is 12.9. The summed E-state index contributed by atoms with van der Waals surface area (Å²) in [7, 11) is 0. The fraction of sp³-hybridized carbons (Fsp3) is 0.304. The number of benzene rings is 2. The van der Waals surface area contributed by atoms with E-state index in [1.165, 1.54) is 16.8 Å². The van der Waals surface area contributed by atoms with Crippen LogP contribution in [0, 0.1) is 20.8 Å². The van der Waals surface area contributed by atoms with E-state index in [9.17, 15) is 4.79 Å². The lowest BCUT2D eigenvalue weighted by molar-refractivity contribution is 0.0747. The van der Waals surface area contributed by atoms with Crippen molar-refractivity contribution in [2.24, 2.45) is 0 Å². The molecule has 0 aliphatic carbocycles. The van der Waals surface area contributed by atoms with Crippen LogP contribution in [0.5, 0.6) is 0 Å². The number of aryl methyl sites for hydroxylation is 3. The molecule has 1 aliphatic heterocycles. The number of nitrogens with zero attached hydrogens (tertiary/aromatic N) is 4. The summed E-state index contributed by atoms with van der Waals surface area (Å²) in [6, 6.07) is 14.3. The van der Waals surface area contributed by atoms with Crippen LogP contribution in [0.4, 0.5) is 5.69 Å². The summed E-state index contributed by atoms with van der Waals surface area (Å²) in [6.07, 6.45) is 3.62. The number of carbonyl (C=O) groups is 1. The van der Waals surface area contributed by atoms with Gasteiger partial charge in [0, 0.05) is 55.0 Å². The number of hydrogen-bond donors (Lipinski definition) is 0. The van der Waals surface area contributed by atoms with Gasteiger partial charge in [-0.25, -0.2) is 4.98 Å². The first-order valence-electron chi connectivity index (χ1n) is 9.74.